The van der Waals surface area contributed by atoms with Gasteiger partial charge in [0.25, 0.3) is 0 Å². The van der Waals surface area contributed by atoms with Crippen LogP contribution in [-0.4, -0.2) is 24.6 Å². The first-order valence-electron chi connectivity index (χ1n) is 5.78. The van der Waals surface area contributed by atoms with Crippen LogP contribution in [0.5, 0.6) is 0 Å². The molecule has 2 N–H and O–H groups in total. The number of aryl methyl sites for hydroxylation is 1. The Kier molecular flexibility index (Phi) is 3.82. The zero-order valence-corrected chi connectivity index (χ0v) is 11.2. The summed E-state index contributed by atoms with van der Waals surface area (Å²) in [4.78, 5) is 6.85. The van der Waals surface area contributed by atoms with E-state index in [2.05, 4.69) is 38.8 Å². The number of nitrogens with two attached hydrogens (primary N) is 1. The van der Waals surface area contributed by atoms with E-state index in [1.165, 1.54) is 12.0 Å². The van der Waals surface area contributed by atoms with E-state index in [1.807, 2.05) is 6.20 Å². The number of hydrogen-bond donors (Lipinski definition) is 1. The first-order valence-corrected chi connectivity index (χ1v) is 6.57. The fourth-order valence-electron chi connectivity index (χ4n) is 2.26. The maximum atomic E-state index is 5.60. The molecule has 3 nitrogen and oxygen atoms in total. The summed E-state index contributed by atoms with van der Waals surface area (Å²) in [6.07, 6.45) is 4.29. The third-order valence-electron chi connectivity index (χ3n) is 3.12. The highest BCUT2D eigenvalue weighted by atomic mass is 79.9. The molecule has 1 aromatic rings. The molecule has 1 atom stereocenters. The minimum atomic E-state index is 0.736. The largest absolute Gasteiger partial charge is 0.355 e. The van der Waals surface area contributed by atoms with E-state index in [9.17, 15) is 0 Å². The van der Waals surface area contributed by atoms with Crippen LogP contribution < -0.4 is 10.6 Å². The number of aromatic nitrogens is 1. The molecule has 0 amide bonds. The number of rotatable bonds is 3. The maximum Gasteiger partial charge on any atom is 0.142 e. The minimum Gasteiger partial charge on any atom is -0.355 e. The van der Waals surface area contributed by atoms with Gasteiger partial charge in [0.15, 0.2) is 0 Å². The molecule has 1 saturated heterocycles. The summed E-state index contributed by atoms with van der Waals surface area (Å²) in [5.74, 6) is 1.81. The van der Waals surface area contributed by atoms with Crippen molar-refractivity contribution in [3.8, 4) is 0 Å². The molecule has 16 heavy (non-hydrogen) atoms. The molecule has 0 saturated carbocycles. The second kappa shape index (κ2) is 5.15. The molecule has 0 bridgehead atoms. The lowest BCUT2D eigenvalue weighted by Crippen LogP contribution is -2.22. The molecule has 2 heterocycles. The summed E-state index contributed by atoms with van der Waals surface area (Å²) in [5, 5.41) is 0. The highest BCUT2D eigenvalue weighted by Gasteiger charge is 2.23. The fraction of sp³-hybridized carbons (Fsp3) is 0.583. The van der Waals surface area contributed by atoms with Crippen LogP contribution in [0.25, 0.3) is 0 Å². The lowest BCUT2D eigenvalue weighted by atomic mass is 10.1. The Hall–Kier alpha value is -0.610. The Morgan fingerprint density at radius 1 is 1.62 bits per heavy atom. The van der Waals surface area contributed by atoms with Crippen molar-refractivity contribution < 1.29 is 0 Å². The summed E-state index contributed by atoms with van der Waals surface area (Å²) in [7, 11) is 0. The van der Waals surface area contributed by atoms with Crippen molar-refractivity contribution in [2.75, 3.05) is 24.5 Å². The van der Waals surface area contributed by atoms with Crippen LogP contribution in [0.15, 0.2) is 16.7 Å². The average molecular weight is 284 g/mol. The second-order valence-corrected chi connectivity index (χ2v) is 5.35. The lowest BCUT2D eigenvalue weighted by Gasteiger charge is -2.19. The topological polar surface area (TPSA) is 42.2 Å². The second-order valence-electron chi connectivity index (χ2n) is 4.50. The van der Waals surface area contributed by atoms with Crippen molar-refractivity contribution in [2.24, 2.45) is 11.7 Å². The van der Waals surface area contributed by atoms with Gasteiger partial charge in [-0.05, 0) is 59.8 Å². The molecule has 0 spiro atoms. The highest BCUT2D eigenvalue weighted by Crippen LogP contribution is 2.29. The molecule has 4 heteroatoms. The Balaban J connectivity index is 2.08. The van der Waals surface area contributed by atoms with Gasteiger partial charge >= 0.3 is 0 Å². The summed E-state index contributed by atoms with van der Waals surface area (Å²) >= 11 is 3.59. The van der Waals surface area contributed by atoms with Crippen molar-refractivity contribution >= 4 is 21.7 Å². The molecule has 1 fully saturated rings. The van der Waals surface area contributed by atoms with Gasteiger partial charge in [0.05, 0.1) is 4.47 Å². The van der Waals surface area contributed by atoms with Crippen molar-refractivity contribution in [2.45, 2.75) is 19.8 Å². The first kappa shape index (κ1) is 11.9. The molecule has 1 unspecified atom stereocenters. The smallest absolute Gasteiger partial charge is 0.142 e. The van der Waals surface area contributed by atoms with Gasteiger partial charge in [0, 0.05) is 19.3 Å². The lowest BCUT2D eigenvalue weighted by molar-refractivity contribution is 0.546. The van der Waals surface area contributed by atoms with Gasteiger partial charge in [0.2, 0.25) is 0 Å². The van der Waals surface area contributed by atoms with Crippen LogP contribution >= 0.6 is 15.9 Å². The summed E-state index contributed by atoms with van der Waals surface area (Å²) in [6, 6.07) is 2.12. The molecule has 0 radical (unpaired) electrons. The average Bonchev–Trinajstić information content (AvgIpc) is 2.67. The van der Waals surface area contributed by atoms with Crippen molar-refractivity contribution in [3.05, 3.63) is 22.3 Å². The number of nitrogens with zero attached hydrogens (tertiary/aromatic N) is 2. The molecule has 0 aliphatic carbocycles. The van der Waals surface area contributed by atoms with E-state index in [0.717, 1.165) is 42.3 Å². The van der Waals surface area contributed by atoms with E-state index < -0.39 is 0 Å². The monoisotopic (exact) mass is 283 g/mol. The summed E-state index contributed by atoms with van der Waals surface area (Å²) in [6.45, 7) is 5.04. The van der Waals surface area contributed by atoms with Crippen LogP contribution in [0.2, 0.25) is 0 Å². The molecule has 0 aromatic carbocycles. The molecular weight excluding hydrogens is 266 g/mol. The quantitative estimate of drug-likeness (QED) is 0.926. The molecule has 88 valence electrons. The van der Waals surface area contributed by atoms with Gasteiger partial charge in [-0.15, -0.1) is 0 Å². The van der Waals surface area contributed by atoms with E-state index in [4.69, 9.17) is 5.73 Å². The third kappa shape index (κ3) is 2.55. The molecule has 2 rings (SSSR count). The van der Waals surface area contributed by atoms with E-state index in [0.29, 0.717) is 0 Å². The first-order chi connectivity index (χ1) is 7.70. The molecular formula is C12H18BrN3. The SMILES string of the molecule is Cc1cnc(N2CCC(CCN)C2)c(Br)c1. The van der Waals surface area contributed by atoms with E-state index in [-0.39, 0.29) is 0 Å². The number of anilines is 1. The molecule has 1 aliphatic rings. The van der Waals surface area contributed by atoms with Gasteiger partial charge in [-0.25, -0.2) is 4.98 Å². The fourth-order valence-corrected chi connectivity index (χ4v) is 2.97. The molecule has 1 aromatic heterocycles. The van der Waals surface area contributed by atoms with Crippen LogP contribution in [0.1, 0.15) is 18.4 Å². The maximum absolute atomic E-state index is 5.60. The van der Waals surface area contributed by atoms with E-state index in [1.54, 1.807) is 0 Å². The predicted molar refractivity (Wildman–Crippen MR) is 70.7 cm³/mol. The van der Waals surface area contributed by atoms with Crippen LogP contribution in [-0.2, 0) is 0 Å². The normalized spacial score (nSPS) is 20.4. The Bertz CT molecular complexity index is 367. The van der Waals surface area contributed by atoms with Gasteiger partial charge in [0.1, 0.15) is 5.82 Å². The van der Waals surface area contributed by atoms with Gasteiger partial charge in [-0.2, -0.15) is 0 Å². The van der Waals surface area contributed by atoms with Crippen LogP contribution in [0.4, 0.5) is 5.82 Å². The van der Waals surface area contributed by atoms with Crippen LogP contribution in [0.3, 0.4) is 0 Å². The van der Waals surface area contributed by atoms with Crippen molar-refractivity contribution in [1.29, 1.82) is 0 Å². The van der Waals surface area contributed by atoms with Gasteiger partial charge in [-0.1, -0.05) is 0 Å². The highest BCUT2D eigenvalue weighted by molar-refractivity contribution is 9.10. The van der Waals surface area contributed by atoms with Gasteiger partial charge < -0.3 is 10.6 Å². The zero-order chi connectivity index (χ0) is 11.5. The standard InChI is InChI=1S/C12H18BrN3/c1-9-6-11(13)12(15-7-9)16-5-3-10(8-16)2-4-14/h6-7,10H,2-5,8,14H2,1H3. The summed E-state index contributed by atoms with van der Waals surface area (Å²) in [5.41, 5.74) is 6.79. The van der Waals surface area contributed by atoms with Crippen LogP contribution in [0, 0.1) is 12.8 Å². The predicted octanol–water partition coefficient (Wildman–Crippen LogP) is 2.33. The third-order valence-corrected chi connectivity index (χ3v) is 3.70. The van der Waals surface area contributed by atoms with E-state index >= 15 is 0 Å². The summed E-state index contributed by atoms with van der Waals surface area (Å²) < 4.78 is 1.10. The minimum absolute atomic E-state index is 0.736. The molecule has 1 aliphatic heterocycles. The Labute approximate surface area is 105 Å². The zero-order valence-electron chi connectivity index (χ0n) is 9.62. The van der Waals surface area contributed by atoms with Gasteiger partial charge in [-0.3, -0.25) is 0 Å². The van der Waals surface area contributed by atoms with Crippen molar-refractivity contribution in [3.63, 3.8) is 0 Å². The number of pyridine rings is 1. The Morgan fingerprint density at radius 3 is 3.12 bits per heavy atom. The number of hydrogen-bond acceptors (Lipinski definition) is 3. The van der Waals surface area contributed by atoms with Crippen molar-refractivity contribution in [1.82, 2.24) is 4.98 Å². The number of halogens is 1. The Morgan fingerprint density at radius 2 is 2.44 bits per heavy atom.